The maximum absolute atomic E-state index is 4.98. The smallest absolute Gasteiger partial charge is 0.358 e. The van der Waals surface area contributed by atoms with Crippen molar-refractivity contribution in [3.63, 3.8) is 0 Å². The van der Waals surface area contributed by atoms with Crippen LogP contribution in [0.4, 0.5) is 34.1 Å². The summed E-state index contributed by atoms with van der Waals surface area (Å²) in [6.07, 6.45) is 1.93. The van der Waals surface area contributed by atoms with Gasteiger partial charge in [0.15, 0.2) is 0 Å². The molecule has 6 heteroatoms. The molecule has 1 aliphatic heterocycles. The van der Waals surface area contributed by atoms with Gasteiger partial charge in [-0.2, -0.15) is 12.1 Å². The van der Waals surface area contributed by atoms with E-state index in [0.29, 0.717) is 5.92 Å². The van der Waals surface area contributed by atoms with Crippen LogP contribution in [0.1, 0.15) is 46.1 Å². The molecule has 5 nitrogen and oxygen atoms in total. The average molecular weight is 897 g/mol. The van der Waals surface area contributed by atoms with Crippen LogP contribution in [0.3, 0.4) is 0 Å². The van der Waals surface area contributed by atoms with Gasteiger partial charge in [0.1, 0.15) is 5.82 Å². The number of fused-ring (bicyclic) bond motifs is 4. The van der Waals surface area contributed by atoms with Crippen LogP contribution < -0.4 is 14.7 Å². The summed E-state index contributed by atoms with van der Waals surface area (Å²) in [5, 5.41) is 2.30. The molecule has 274 valence electrons. The second kappa shape index (κ2) is 14.5. The van der Waals surface area contributed by atoms with Gasteiger partial charge in [-0.25, -0.2) is 4.98 Å². The summed E-state index contributed by atoms with van der Waals surface area (Å²) in [5.41, 5.74) is 12.1. The van der Waals surface area contributed by atoms with Gasteiger partial charge in [0.05, 0.1) is 18.0 Å². The minimum Gasteiger partial charge on any atom is -0.358 e. The quantitative estimate of drug-likeness (QED) is 0.149. The van der Waals surface area contributed by atoms with Crippen molar-refractivity contribution in [2.75, 3.05) is 21.4 Å². The van der Waals surface area contributed by atoms with E-state index in [-0.39, 0.29) is 26.6 Å². The maximum Gasteiger partial charge on any atom is 2.00 e. The van der Waals surface area contributed by atoms with Crippen LogP contribution in [0.15, 0.2) is 152 Å². The number of rotatable bonds is 7. The van der Waals surface area contributed by atoms with Crippen LogP contribution in [0.25, 0.3) is 38.8 Å². The molecule has 0 saturated carbocycles. The molecule has 0 saturated heterocycles. The summed E-state index contributed by atoms with van der Waals surface area (Å²) in [4.78, 5) is 12.1. The van der Waals surface area contributed by atoms with Gasteiger partial charge >= 0.3 is 21.1 Å². The molecule has 3 heterocycles. The molecule has 0 bridgehead atoms. The van der Waals surface area contributed by atoms with Crippen molar-refractivity contribution in [3.05, 3.63) is 169 Å². The number of hydrogen-bond donors (Lipinski definition) is 0. The Labute approximate surface area is 338 Å². The Morgan fingerprint density at radius 1 is 0.673 bits per heavy atom. The van der Waals surface area contributed by atoms with Crippen molar-refractivity contribution in [3.8, 4) is 16.9 Å². The van der Waals surface area contributed by atoms with Crippen LogP contribution in [0.5, 0.6) is 0 Å². The Balaban J connectivity index is 0.00000427. The van der Waals surface area contributed by atoms with Crippen molar-refractivity contribution >= 4 is 55.9 Å². The third-order valence-corrected chi connectivity index (χ3v) is 10.5. The minimum absolute atomic E-state index is 0. The van der Waals surface area contributed by atoms with E-state index in [2.05, 4.69) is 212 Å². The van der Waals surface area contributed by atoms with E-state index in [1.54, 1.807) is 0 Å². The number of aromatic nitrogens is 2. The summed E-state index contributed by atoms with van der Waals surface area (Å²) >= 11 is 0. The number of pyridine rings is 1. The molecule has 55 heavy (non-hydrogen) atoms. The van der Waals surface area contributed by atoms with Gasteiger partial charge in [0.25, 0.3) is 0 Å². The van der Waals surface area contributed by atoms with Crippen LogP contribution in [-0.2, 0) is 21.1 Å². The molecule has 0 unspecified atom stereocenters. The fraction of sp³-hybridized carbons (Fsp3) is 0.163. The second-order valence-corrected chi connectivity index (χ2v) is 15.4. The largest absolute Gasteiger partial charge is 2.00 e. The van der Waals surface area contributed by atoms with Gasteiger partial charge in [-0.15, -0.1) is 35.7 Å². The zero-order chi connectivity index (χ0) is 37.0. The molecule has 0 atom stereocenters. The average Bonchev–Trinajstić information content (AvgIpc) is 3.75. The van der Waals surface area contributed by atoms with Gasteiger partial charge in [-0.05, 0) is 91.2 Å². The monoisotopic (exact) mass is 896 g/mol. The molecule has 2 aromatic heterocycles. The summed E-state index contributed by atoms with van der Waals surface area (Å²) < 4.78 is 2.27. The summed E-state index contributed by atoms with van der Waals surface area (Å²) in [6, 6.07) is 59.4. The van der Waals surface area contributed by atoms with Gasteiger partial charge < -0.3 is 19.3 Å². The normalized spacial score (nSPS) is 12.7. The zero-order valence-electron chi connectivity index (χ0n) is 31.8. The van der Waals surface area contributed by atoms with E-state index in [9.17, 15) is 0 Å². The number of hydrogen-bond acceptors (Lipinski definition) is 4. The third kappa shape index (κ3) is 6.51. The molecule has 1 aliphatic rings. The first-order valence-electron chi connectivity index (χ1n) is 18.8. The first-order chi connectivity index (χ1) is 26.3. The van der Waals surface area contributed by atoms with Crippen molar-refractivity contribution in [2.45, 2.75) is 46.1 Å². The van der Waals surface area contributed by atoms with Crippen molar-refractivity contribution in [2.24, 2.45) is 0 Å². The third-order valence-electron chi connectivity index (χ3n) is 10.5. The number of nitrogens with zero attached hydrogens (tertiary/aromatic N) is 5. The standard InChI is InChI=1S/C49H43N5.Pt/c1-34(2)40-20-9-10-21-41(40)35-28-29-50-48(30-35)54-44-23-12-11-22-42(44)43-27-26-39(32-47(43)54)53(36-16-7-6-8-17-36)38-19-15-18-37(31-38)51-33-52(49(3,4)5)46-25-14-13-24-45(46)51;/h6-30,34H,33H2,1-5H3;/q-2;+2. The van der Waals surface area contributed by atoms with E-state index in [4.69, 9.17) is 4.98 Å². The first-order valence-corrected chi connectivity index (χ1v) is 18.8. The van der Waals surface area contributed by atoms with E-state index < -0.39 is 0 Å². The fourth-order valence-electron chi connectivity index (χ4n) is 7.93. The number of benzene rings is 6. The Kier molecular flexibility index (Phi) is 9.61. The predicted octanol–water partition coefficient (Wildman–Crippen LogP) is 12.8. The molecule has 0 fully saturated rings. The van der Waals surface area contributed by atoms with Crippen LogP contribution in [-0.4, -0.2) is 21.8 Å². The van der Waals surface area contributed by atoms with E-state index in [0.717, 1.165) is 57.2 Å². The molecular formula is C49H43N5Pt. The van der Waals surface area contributed by atoms with Gasteiger partial charge in [-0.1, -0.05) is 109 Å². The van der Waals surface area contributed by atoms with Crippen LogP contribution in [0.2, 0.25) is 0 Å². The summed E-state index contributed by atoms with van der Waals surface area (Å²) in [6.45, 7) is 12.1. The Bertz CT molecular complexity index is 2640. The number of anilines is 6. The molecule has 0 radical (unpaired) electrons. The molecule has 0 aliphatic carbocycles. The predicted molar refractivity (Wildman–Crippen MR) is 226 cm³/mol. The number of para-hydroxylation sites is 4. The fourth-order valence-corrected chi connectivity index (χ4v) is 7.93. The Morgan fingerprint density at radius 2 is 1.38 bits per heavy atom. The van der Waals surface area contributed by atoms with Crippen LogP contribution in [0, 0.1) is 12.1 Å². The molecule has 0 spiro atoms. The van der Waals surface area contributed by atoms with E-state index in [1.165, 1.54) is 27.9 Å². The maximum atomic E-state index is 4.98. The van der Waals surface area contributed by atoms with E-state index >= 15 is 0 Å². The minimum atomic E-state index is -0.0342. The topological polar surface area (TPSA) is 27.5 Å². The molecular weight excluding hydrogens is 854 g/mol. The second-order valence-electron chi connectivity index (χ2n) is 15.4. The zero-order valence-corrected chi connectivity index (χ0v) is 34.0. The van der Waals surface area contributed by atoms with Crippen LogP contribution >= 0.6 is 0 Å². The van der Waals surface area contributed by atoms with Crippen molar-refractivity contribution < 1.29 is 21.1 Å². The Morgan fingerprint density at radius 3 is 2.18 bits per heavy atom. The van der Waals surface area contributed by atoms with Gasteiger partial charge in [-0.3, -0.25) is 0 Å². The first kappa shape index (κ1) is 36.3. The molecule has 8 aromatic rings. The molecule has 0 amide bonds. The van der Waals surface area contributed by atoms with Crippen molar-refractivity contribution in [1.82, 2.24) is 9.55 Å². The van der Waals surface area contributed by atoms with Crippen molar-refractivity contribution in [1.29, 1.82) is 0 Å². The summed E-state index contributed by atoms with van der Waals surface area (Å²) in [5.74, 6) is 1.26. The molecule has 6 aromatic carbocycles. The SMILES string of the molecule is CC(C)c1ccccc1-c1ccnc(-n2c3[c-]c(N(c4[c-]c(N5CN(C(C)(C)C)c6ccccc65)ccc4)c4ccccc4)ccc3c3ccccc32)c1.[Pt+2]. The summed E-state index contributed by atoms with van der Waals surface area (Å²) in [7, 11) is 0. The molecule has 0 N–H and O–H groups in total. The Hall–Kier alpha value is -5.64. The van der Waals surface area contributed by atoms with Gasteiger partial charge in [0, 0.05) is 22.9 Å². The molecule has 9 rings (SSSR count). The van der Waals surface area contributed by atoms with E-state index in [1.807, 2.05) is 6.20 Å². The van der Waals surface area contributed by atoms with Gasteiger partial charge in [0.2, 0.25) is 0 Å².